The molecule has 3 rings (SSSR count). The minimum absolute atomic E-state index is 0.0988. The third-order valence-electron chi connectivity index (χ3n) is 3.81. The summed E-state index contributed by atoms with van der Waals surface area (Å²) >= 11 is 0. The molecule has 0 aliphatic rings. The zero-order valence-electron chi connectivity index (χ0n) is 14.0. The van der Waals surface area contributed by atoms with E-state index in [4.69, 9.17) is 10.3 Å². The monoisotopic (exact) mass is 341 g/mol. The molecule has 0 fully saturated rings. The van der Waals surface area contributed by atoms with Crippen LogP contribution in [-0.2, 0) is 0 Å². The molecule has 0 aliphatic carbocycles. The summed E-state index contributed by atoms with van der Waals surface area (Å²) in [7, 11) is 0. The third-order valence-corrected chi connectivity index (χ3v) is 3.81. The highest BCUT2D eigenvalue weighted by atomic mass is 16.3. The molecule has 0 spiro atoms. The molecular weight excluding hydrogens is 322 g/mol. The molecule has 0 bridgehead atoms. The van der Waals surface area contributed by atoms with E-state index in [1.165, 1.54) is 4.57 Å². The summed E-state index contributed by atoms with van der Waals surface area (Å²) in [4.78, 5) is 29.7. The summed E-state index contributed by atoms with van der Waals surface area (Å²) in [5, 5.41) is 3.24. The van der Waals surface area contributed by atoms with Crippen molar-refractivity contribution in [3.8, 4) is 5.69 Å². The minimum Gasteiger partial charge on any atom is -0.442 e. The van der Waals surface area contributed by atoms with Crippen molar-refractivity contribution >= 4 is 23.0 Å². The summed E-state index contributed by atoms with van der Waals surface area (Å²) in [6.45, 7) is 4.25. The Morgan fingerprint density at radius 1 is 1.32 bits per heavy atom. The molecule has 3 aromatic rings. The fraction of sp³-hybridized carbons (Fsp3) is 0.235. The Morgan fingerprint density at radius 2 is 2.04 bits per heavy atom. The van der Waals surface area contributed by atoms with Crippen LogP contribution >= 0.6 is 0 Å². The van der Waals surface area contributed by atoms with E-state index in [0.29, 0.717) is 18.2 Å². The molecule has 25 heavy (non-hydrogen) atoms. The molecule has 2 aromatic heterocycles. The molecule has 1 amide bonds. The van der Waals surface area contributed by atoms with Gasteiger partial charge in [-0.05, 0) is 25.5 Å². The molecule has 0 aliphatic heterocycles. The normalized spacial score (nSPS) is 10.8. The number of amides is 1. The molecule has 0 saturated heterocycles. The van der Waals surface area contributed by atoms with E-state index in [1.807, 2.05) is 30.5 Å². The van der Waals surface area contributed by atoms with Crippen molar-refractivity contribution in [2.75, 3.05) is 11.9 Å². The van der Waals surface area contributed by atoms with E-state index in [9.17, 15) is 9.59 Å². The van der Waals surface area contributed by atoms with Gasteiger partial charge in [-0.2, -0.15) is 4.98 Å². The smallest absolute Gasteiger partial charge is 0.271 e. The van der Waals surface area contributed by atoms with Crippen molar-refractivity contribution in [2.24, 2.45) is 5.84 Å². The van der Waals surface area contributed by atoms with Crippen molar-refractivity contribution < 1.29 is 9.21 Å². The molecule has 130 valence electrons. The van der Waals surface area contributed by atoms with Gasteiger partial charge < -0.3 is 9.73 Å². The second kappa shape index (κ2) is 6.78. The lowest BCUT2D eigenvalue weighted by Crippen LogP contribution is -2.32. The highest BCUT2D eigenvalue weighted by molar-refractivity contribution is 6.06. The van der Waals surface area contributed by atoms with Crippen LogP contribution in [-0.4, -0.2) is 22.0 Å². The average molecular weight is 341 g/mol. The summed E-state index contributed by atoms with van der Waals surface area (Å²) in [5.74, 6) is 5.29. The maximum atomic E-state index is 13.2. The molecule has 8 heteroatoms. The fourth-order valence-electron chi connectivity index (χ4n) is 2.68. The minimum atomic E-state index is -0.593. The van der Waals surface area contributed by atoms with Gasteiger partial charge >= 0.3 is 0 Å². The number of furan rings is 1. The predicted octanol–water partition coefficient (Wildman–Crippen LogP) is 1.71. The molecule has 4 N–H and O–H groups in total. The van der Waals surface area contributed by atoms with Gasteiger partial charge in [0.15, 0.2) is 0 Å². The number of hydrazine groups is 1. The van der Waals surface area contributed by atoms with Gasteiger partial charge in [0, 0.05) is 6.54 Å². The standard InChI is InChI=1S/C17H19N5O3/c1-3-9-19-17-20-15-13(12(10(2)25-15)14(23)21-18)16(24)22(17)11-7-5-4-6-8-11/h4-8H,3,9,18H2,1-2H3,(H,19,20)(H,21,23). The van der Waals surface area contributed by atoms with Crippen molar-refractivity contribution in [3.05, 3.63) is 52.0 Å². The Kier molecular flexibility index (Phi) is 4.53. The van der Waals surface area contributed by atoms with E-state index in [1.54, 1.807) is 19.1 Å². The Morgan fingerprint density at radius 3 is 2.68 bits per heavy atom. The number of nitrogens with one attached hydrogen (secondary N) is 2. The molecule has 0 atom stereocenters. The van der Waals surface area contributed by atoms with Crippen LogP contribution in [0.3, 0.4) is 0 Å². The molecular formula is C17H19N5O3. The van der Waals surface area contributed by atoms with Crippen LogP contribution in [0.4, 0.5) is 5.95 Å². The number of fused-ring (bicyclic) bond motifs is 1. The lowest BCUT2D eigenvalue weighted by molar-refractivity contribution is 0.0953. The number of aromatic nitrogens is 2. The lowest BCUT2D eigenvalue weighted by atomic mass is 10.2. The van der Waals surface area contributed by atoms with Crippen LogP contribution in [0.25, 0.3) is 16.8 Å². The van der Waals surface area contributed by atoms with Gasteiger partial charge in [0.1, 0.15) is 11.1 Å². The number of nitrogens with zero attached hydrogens (tertiary/aromatic N) is 2. The van der Waals surface area contributed by atoms with E-state index in [0.717, 1.165) is 6.42 Å². The van der Waals surface area contributed by atoms with Crippen LogP contribution in [0.15, 0.2) is 39.5 Å². The molecule has 2 heterocycles. The van der Waals surface area contributed by atoms with Crippen LogP contribution in [0, 0.1) is 6.92 Å². The molecule has 8 nitrogen and oxygen atoms in total. The summed E-state index contributed by atoms with van der Waals surface area (Å²) < 4.78 is 6.96. The van der Waals surface area contributed by atoms with Gasteiger partial charge in [-0.1, -0.05) is 25.1 Å². The maximum absolute atomic E-state index is 13.2. The highest BCUT2D eigenvalue weighted by Crippen LogP contribution is 2.24. The van der Waals surface area contributed by atoms with Gasteiger partial charge in [-0.25, -0.2) is 10.4 Å². The number of aryl methyl sites for hydroxylation is 1. The number of hydrogen-bond acceptors (Lipinski definition) is 6. The van der Waals surface area contributed by atoms with E-state index in [2.05, 4.69) is 10.3 Å². The second-order valence-electron chi connectivity index (χ2n) is 5.53. The average Bonchev–Trinajstić information content (AvgIpc) is 2.96. The third kappa shape index (κ3) is 2.87. The van der Waals surface area contributed by atoms with Crippen molar-refractivity contribution in [3.63, 3.8) is 0 Å². The van der Waals surface area contributed by atoms with E-state index >= 15 is 0 Å². The maximum Gasteiger partial charge on any atom is 0.271 e. The lowest BCUT2D eigenvalue weighted by Gasteiger charge is -2.13. The molecule has 1 aromatic carbocycles. The van der Waals surface area contributed by atoms with Crippen LogP contribution in [0.1, 0.15) is 29.5 Å². The molecule has 0 radical (unpaired) electrons. The van der Waals surface area contributed by atoms with Gasteiger partial charge in [0.25, 0.3) is 11.5 Å². The zero-order chi connectivity index (χ0) is 18.0. The number of rotatable bonds is 5. The number of carbonyl (C=O) groups excluding carboxylic acids is 1. The number of carbonyl (C=O) groups is 1. The summed E-state index contributed by atoms with van der Waals surface area (Å²) in [6.07, 6.45) is 0.862. The van der Waals surface area contributed by atoms with Crippen molar-refractivity contribution in [1.82, 2.24) is 15.0 Å². The summed E-state index contributed by atoms with van der Waals surface area (Å²) in [5.41, 5.74) is 2.49. The van der Waals surface area contributed by atoms with Crippen LogP contribution in [0.5, 0.6) is 0 Å². The number of nitrogens with two attached hydrogens (primary N) is 1. The Bertz CT molecular complexity index is 975. The van der Waals surface area contributed by atoms with E-state index < -0.39 is 11.5 Å². The fourth-order valence-corrected chi connectivity index (χ4v) is 2.68. The quantitative estimate of drug-likeness (QED) is 0.370. The zero-order valence-corrected chi connectivity index (χ0v) is 14.0. The first kappa shape index (κ1) is 16.7. The summed E-state index contributed by atoms with van der Waals surface area (Å²) in [6, 6.07) is 9.09. The first-order valence-corrected chi connectivity index (χ1v) is 7.94. The Labute approximate surface area is 143 Å². The Balaban J connectivity index is 2.36. The van der Waals surface area contributed by atoms with Gasteiger partial charge in [0.2, 0.25) is 11.7 Å². The van der Waals surface area contributed by atoms with Gasteiger partial charge in [0.05, 0.1) is 11.3 Å². The number of anilines is 1. The van der Waals surface area contributed by atoms with E-state index in [-0.39, 0.29) is 22.4 Å². The highest BCUT2D eigenvalue weighted by Gasteiger charge is 2.24. The molecule has 0 unspecified atom stereocenters. The molecule has 0 saturated carbocycles. The van der Waals surface area contributed by atoms with Crippen molar-refractivity contribution in [1.29, 1.82) is 0 Å². The first-order valence-electron chi connectivity index (χ1n) is 7.94. The van der Waals surface area contributed by atoms with Crippen molar-refractivity contribution in [2.45, 2.75) is 20.3 Å². The number of hydrogen-bond donors (Lipinski definition) is 3. The second-order valence-corrected chi connectivity index (χ2v) is 5.53. The van der Waals surface area contributed by atoms with Gasteiger partial charge in [-0.3, -0.25) is 15.0 Å². The van der Waals surface area contributed by atoms with Crippen LogP contribution in [0.2, 0.25) is 0 Å². The first-order chi connectivity index (χ1) is 12.1. The number of benzene rings is 1. The number of nitrogen functional groups attached to an aromatic ring is 1. The SMILES string of the molecule is CCCNc1nc2oc(C)c(C(=O)NN)c2c(=O)n1-c1ccccc1. The predicted molar refractivity (Wildman–Crippen MR) is 94.8 cm³/mol. The Hall–Kier alpha value is -3.13. The van der Waals surface area contributed by atoms with Crippen LogP contribution < -0.4 is 22.1 Å². The largest absolute Gasteiger partial charge is 0.442 e. The van der Waals surface area contributed by atoms with Gasteiger partial charge in [-0.15, -0.1) is 0 Å². The topological polar surface area (TPSA) is 115 Å². The number of para-hydroxylation sites is 1.